The number of allylic oxidation sites excluding steroid dienone is 7. The van der Waals surface area contributed by atoms with Gasteiger partial charge in [0, 0.05) is 0 Å². The van der Waals surface area contributed by atoms with Crippen LogP contribution in [-0.4, -0.2) is 11.2 Å². The Morgan fingerprint density at radius 3 is 2.58 bits per heavy atom. The largest absolute Gasteiger partial charge is 0.393 e. The molecule has 12 heavy (non-hydrogen) atoms. The summed E-state index contributed by atoms with van der Waals surface area (Å²) in [4.78, 5) is 0. The van der Waals surface area contributed by atoms with Gasteiger partial charge >= 0.3 is 0 Å². The number of hydrogen-bond acceptors (Lipinski definition) is 1. The van der Waals surface area contributed by atoms with Crippen molar-refractivity contribution in [3.63, 3.8) is 0 Å². The normalized spacial score (nSPS) is 30.7. The summed E-state index contributed by atoms with van der Waals surface area (Å²) in [5.41, 5.74) is 1.16. The molecular formula is C11H14O. The van der Waals surface area contributed by atoms with E-state index in [0.29, 0.717) is 6.42 Å². The van der Waals surface area contributed by atoms with E-state index in [2.05, 4.69) is 0 Å². The fourth-order valence-corrected chi connectivity index (χ4v) is 1.08. The maximum absolute atomic E-state index is 9.15. The molecule has 0 radical (unpaired) electrons. The summed E-state index contributed by atoms with van der Waals surface area (Å²) in [5.74, 6) is 0. The second kappa shape index (κ2) is 4.73. The van der Waals surface area contributed by atoms with E-state index in [-0.39, 0.29) is 6.10 Å². The summed E-state index contributed by atoms with van der Waals surface area (Å²) in [6.45, 7) is 1.80. The Labute approximate surface area is 73.4 Å². The molecule has 0 amide bonds. The van der Waals surface area contributed by atoms with E-state index in [0.717, 1.165) is 5.57 Å². The maximum atomic E-state index is 9.15. The van der Waals surface area contributed by atoms with E-state index >= 15 is 0 Å². The van der Waals surface area contributed by atoms with Gasteiger partial charge < -0.3 is 5.11 Å². The smallest absolute Gasteiger partial charge is 0.0552 e. The Balaban J connectivity index is 2.62. The molecule has 1 nitrogen and oxygen atoms in total. The molecule has 0 bridgehead atoms. The molecule has 1 rings (SSSR count). The molecule has 1 aliphatic carbocycles. The predicted octanol–water partition coefficient (Wildman–Crippen LogP) is 2.37. The Morgan fingerprint density at radius 1 is 1.17 bits per heavy atom. The van der Waals surface area contributed by atoms with Crippen LogP contribution in [0.25, 0.3) is 0 Å². The number of aliphatic hydroxyl groups excluding tert-OH is 1. The first-order chi connectivity index (χ1) is 5.79. The lowest BCUT2D eigenvalue weighted by Crippen LogP contribution is -1.99. The standard InChI is InChI=1S/C11H14O/c1-10(12)9-11-7-5-3-2-4-6-8-11/h2-8,10,12H,9H2,1H3/b3-2-,4-2?,5-3?,6-4-,7-5-,8-6?,11-7?,11-8+. The van der Waals surface area contributed by atoms with Crippen LogP contribution in [0.15, 0.2) is 48.1 Å². The van der Waals surface area contributed by atoms with Crippen molar-refractivity contribution in [3.05, 3.63) is 48.1 Å². The summed E-state index contributed by atoms with van der Waals surface area (Å²) >= 11 is 0. The monoisotopic (exact) mass is 162 g/mol. The summed E-state index contributed by atoms with van der Waals surface area (Å²) in [7, 11) is 0. The lowest BCUT2D eigenvalue weighted by atomic mass is 10.1. The molecule has 0 fully saturated rings. The van der Waals surface area contributed by atoms with Gasteiger partial charge in [-0.25, -0.2) is 0 Å². The summed E-state index contributed by atoms with van der Waals surface area (Å²) in [5, 5.41) is 9.15. The molecule has 1 aliphatic rings. The van der Waals surface area contributed by atoms with Gasteiger partial charge in [-0.2, -0.15) is 0 Å². The van der Waals surface area contributed by atoms with Gasteiger partial charge in [-0.05, 0) is 18.9 Å². The lowest BCUT2D eigenvalue weighted by Gasteiger charge is -2.04. The molecule has 0 spiro atoms. The van der Waals surface area contributed by atoms with Crippen molar-refractivity contribution in [2.24, 2.45) is 0 Å². The SMILES string of the molecule is CC(O)CC1=C/C=C\C=C/C=C\1. The third kappa shape index (κ3) is 3.35. The van der Waals surface area contributed by atoms with Crippen LogP contribution in [-0.2, 0) is 0 Å². The zero-order valence-electron chi connectivity index (χ0n) is 7.27. The highest BCUT2D eigenvalue weighted by molar-refractivity contribution is 5.31. The average Bonchev–Trinajstić information content (AvgIpc) is 1.93. The van der Waals surface area contributed by atoms with Gasteiger partial charge in [-0.1, -0.05) is 42.5 Å². The van der Waals surface area contributed by atoms with Gasteiger partial charge in [-0.3, -0.25) is 0 Å². The third-order valence-corrected chi connectivity index (χ3v) is 1.60. The minimum Gasteiger partial charge on any atom is -0.393 e. The van der Waals surface area contributed by atoms with Crippen LogP contribution in [0.2, 0.25) is 0 Å². The van der Waals surface area contributed by atoms with Crippen molar-refractivity contribution in [1.29, 1.82) is 0 Å². The van der Waals surface area contributed by atoms with E-state index < -0.39 is 0 Å². The van der Waals surface area contributed by atoms with Crippen LogP contribution in [0.3, 0.4) is 0 Å². The van der Waals surface area contributed by atoms with Crippen molar-refractivity contribution < 1.29 is 5.11 Å². The van der Waals surface area contributed by atoms with Crippen LogP contribution in [0.1, 0.15) is 13.3 Å². The van der Waals surface area contributed by atoms with Crippen LogP contribution in [0.4, 0.5) is 0 Å². The molecule has 0 aliphatic heterocycles. The van der Waals surface area contributed by atoms with Crippen molar-refractivity contribution in [2.75, 3.05) is 0 Å². The third-order valence-electron chi connectivity index (χ3n) is 1.60. The molecule has 1 N–H and O–H groups in total. The van der Waals surface area contributed by atoms with Gasteiger partial charge in [0.25, 0.3) is 0 Å². The zero-order chi connectivity index (χ0) is 8.81. The Kier molecular flexibility index (Phi) is 3.55. The molecular weight excluding hydrogens is 148 g/mol. The molecule has 0 aromatic rings. The van der Waals surface area contributed by atoms with Crippen LogP contribution < -0.4 is 0 Å². The summed E-state index contributed by atoms with van der Waals surface area (Å²) < 4.78 is 0. The first-order valence-corrected chi connectivity index (χ1v) is 4.17. The highest BCUT2D eigenvalue weighted by Crippen LogP contribution is 2.08. The molecule has 1 unspecified atom stereocenters. The first-order valence-electron chi connectivity index (χ1n) is 4.17. The van der Waals surface area contributed by atoms with Gasteiger partial charge in [0.15, 0.2) is 0 Å². The van der Waals surface area contributed by atoms with Gasteiger partial charge in [0.05, 0.1) is 6.10 Å². The van der Waals surface area contributed by atoms with Crippen molar-refractivity contribution in [3.8, 4) is 0 Å². The lowest BCUT2D eigenvalue weighted by molar-refractivity contribution is 0.196. The van der Waals surface area contributed by atoms with Crippen molar-refractivity contribution in [1.82, 2.24) is 0 Å². The molecule has 0 saturated heterocycles. The molecule has 0 saturated carbocycles. The fraction of sp³-hybridized carbons (Fsp3) is 0.273. The van der Waals surface area contributed by atoms with E-state index in [1.807, 2.05) is 42.5 Å². The highest BCUT2D eigenvalue weighted by Gasteiger charge is 1.97. The molecule has 0 aromatic heterocycles. The molecule has 0 heterocycles. The quantitative estimate of drug-likeness (QED) is 0.661. The van der Waals surface area contributed by atoms with E-state index in [4.69, 9.17) is 5.11 Å². The number of hydrogen-bond donors (Lipinski definition) is 1. The van der Waals surface area contributed by atoms with Crippen LogP contribution in [0.5, 0.6) is 0 Å². The zero-order valence-corrected chi connectivity index (χ0v) is 7.27. The van der Waals surface area contributed by atoms with Crippen LogP contribution >= 0.6 is 0 Å². The number of rotatable bonds is 2. The topological polar surface area (TPSA) is 20.2 Å². The molecule has 1 atom stereocenters. The fourth-order valence-electron chi connectivity index (χ4n) is 1.08. The Bertz CT molecular complexity index is 242. The van der Waals surface area contributed by atoms with Gasteiger partial charge in [0.2, 0.25) is 0 Å². The Hall–Kier alpha value is -1.08. The minimum atomic E-state index is -0.266. The van der Waals surface area contributed by atoms with E-state index in [9.17, 15) is 0 Å². The first kappa shape index (κ1) is 9.01. The average molecular weight is 162 g/mol. The summed E-state index contributed by atoms with van der Waals surface area (Å²) in [6, 6.07) is 0. The van der Waals surface area contributed by atoms with E-state index in [1.165, 1.54) is 0 Å². The maximum Gasteiger partial charge on any atom is 0.0552 e. The minimum absolute atomic E-state index is 0.266. The second-order valence-corrected chi connectivity index (χ2v) is 2.92. The second-order valence-electron chi connectivity index (χ2n) is 2.92. The number of aliphatic hydroxyl groups is 1. The van der Waals surface area contributed by atoms with Crippen molar-refractivity contribution >= 4 is 0 Å². The molecule has 1 heteroatoms. The molecule has 0 aromatic carbocycles. The predicted molar refractivity (Wildman–Crippen MR) is 51.8 cm³/mol. The van der Waals surface area contributed by atoms with Crippen LogP contribution in [0, 0.1) is 0 Å². The van der Waals surface area contributed by atoms with Gasteiger partial charge in [-0.15, -0.1) is 0 Å². The highest BCUT2D eigenvalue weighted by atomic mass is 16.3. The van der Waals surface area contributed by atoms with E-state index in [1.54, 1.807) is 6.92 Å². The Morgan fingerprint density at radius 2 is 1.83 bits per heavy atom. The summed E-state index contributed by atoms with van der Waals surface area (Å²) in [6.07, 6.45) is 14.4. The van der Waals surface area contributed by atoms with Crippen molar-refractivity contribution in [2.45, 2.75) is 19.4 Å². The van der Waals surface area contributed by atoms with Gasteiger partial charge in [0.1, 0.15) is 0 Å². The molecule has 64 valence electrons.